The second kappa shape index (κ2) is 9.00. The van der Waals surface area contributed by atoms with Gasteiger partial charge in [0.05, 0.1) is 6.04 Å². The number of benzene rings is 2. The van der Waals surface area contributed by atoms with Crippen molar-refractivity contribution in [2.75, 3.05) is 7.05 Å². The molecule has 0 N–H and O–H groups in total. The first-order valence-electron chi connectivity index (χ1n) is 10.3. The van der Waals surface area contributed by atoms with Gasteiger partial charge in [-0.25, -0.2) is 4.79 Å². The average Bonchev–Trinajstić information content (AvgIpc) is 3.08. The maximum Gasteiger partial charge on any atom is 0.434 e. The molecule has 1 fully saturated rings. The van der Waals surface area contributed by atoms with E-state index in [1.807, 2.05) is 74.7 Å². The summed E-state index contributed by atoms with van der Waals surface area (Å²) >= 11 is 0. The van der Waals surface area contributed by atoms with E-state index < -0.39 is 12.2 Å². The number of nitrogens with zero attached hydrogens (tertiary/aromatic N) is 2. The summed E-state index contributed by atoms with van der Waals surface area (Å²) in [5.41, 5.74) is 2.06. The maximum absolute atomic E-state index is 12.7. The van der Waals surface area contributed by atoms with Gasteiger partial charge >= 0.3 is 6.09 Å². The highest BCUT2D eigenvalue weighted by atomic mass is 16.7. The third-order valence-corrected chi connectivity index (χ3v) is 5.75. The van der Waals surface area contributed by atoms with Gasteiger partial charge in [-0.05, 0) is 32.0 Å². The van der Waals surface area contributed by atoms with E-state index in [2.05, 4.69) is 24.0 Å². The monoisotopic (exact) mass is 408 g/mol. The lowest BCUT2D eigenvalue weighted by atomic mass is 10.0. The minimum atomic E-state index is -0.506. The van der Waals surface area contributed by atoms with Gasteiger partial charge in [0.2, 0.25) is 0 Å². The van der Waals surface area contributed by atoms with Crippen LogP contribution in [0.25, 0.3) is 0 Å². The second-order valence-corrected chi connectivity index (χ2v) is 7.83. The molecule has 6 nitrogen and oxygen atoms in total. The molecule has 0 radical (unpaired) electrons. The number of carbonyl (C=O) groups excluding carboxylic acids is 1. The number of hydrogen-bond acceptors (Lipinski definition) is 5. The van der Waals surface area contributed by atoms with Crippen LogP contribution >= 0.6 is 0 Å². The highest BCUT2D eigenvalue weighted by Gasteiger charge is 2.44. The van der Waals surface area contributed by atoms with Gasteiger partial charge in [0.1, 0.15) is 25.0 Å². The van der Waals surface area contributed by atoms with Gasteiger partial charge in [-0.15, -0.1) is 0 Å². The van der Waals surface area contributed by atoms with Gasteiger partial charge in [-0.3, -0.25) is 9.74 Å². The third kappa shape index (κ3) is 4.26. The Kier molecular flexibility index (Phi) is 6.18. The lowest BCUT2D eigenvalue weighted by Crippen LogP contribution is -2.50. The largest absolute Gasteiger partial charge is 0.443 e. The first kappa shape index (κ1) is 20.6. The third-order valence-electron chi connectivity index (χ3n) is 5.75. The average molecular weight is 408 g/mol. The fraction of sp³-hybridized carbons (Fsp3) is 0.375. The molecular weight excluding hydrogens is 380 g/mol. The van der Waals surface area contributed by atoms with Crippen molar-refractivity contribution in [3.8, 4) is 0 Å². The molecule has 6 heteroatoms. The van der Waals surface area contributed by atoms with E-state index in [4.69, 9.17) is 14.3 Å². The predicted molar refractivity (Wildman–Crippen MR) is 113 cm³/mol. The zero-order valence-corrected chi connectivity index (χ0v) is 17.5. The van der Waals surface area contributed by atoms with Crippen molar-refractivity contribution >= 4 is 6.09 Å². The molecule has 30 heavy (non-hydrogen) atoms. The molecule has 0 bridgehead atoms. The topological polar surface area (TPSA) is 51.2 Å². The van der Waals surface area contributed by atoms with E-state index in [-0.39, 0.29) is 31.0 Å². The summed E-state index contributed by atoms with van der Waals surface area (Å²) in [6, 6.07) is 19.7. The minimum Gasteiger partial charge on any atom is -0.443 e. The summed E-state index contributed by atoms with van der Waals surface area (Å²) in [7, 11) is 2.02. The van der Waals surface area contributed by atoms with Crippen molar-refractivity contribution in [1.29, 1.82) is 0 Å². The van der Waals surface area contributed by atoms with Crippen molar-refractivity contribution in [2.24, 2.45) is 0 Å². The highest BCUT2D eigenvalue weighted by Crippen LogP contribution is 2.36. The smallest absolute Gasteiger partial charge is 0.434 e. The van der Waals surface area contributed by atoms with Gasteiger partial charge < -0.3 is 9.47 Å². The molecule has 0 unspecified atom stereocenters. The van der Waals surface area contributed by atoms with Crippen molar-refractivity contribution in [3.63, 3.8) is 0 Å². The maximum atomic E-state index is 12.7. The van der Waals surface area contributed by atoms with Crippen LogP contribution in [0.15, 0.2) is 72.8 Å². The van der Waals surface area contributed by atoms with E-state index in [0.29, 0.717) is 0 Å². The SMILES string of the molecule is C[C@@H]1C=C[C@H]([C@@H]2O[C@H](c3ccccc3)[C@H](C)N2C)ON1C(=O)OCc1ccccc1. The summed E-state index contributed by atoms with van der Waals surface area (Å²) in [5, 5.41) is 1.30. The van der Waals surface area contributed by atoms with E-state index in [0.717, 1.165) is 11.1 Å². The lowest BCUT2D eigenvalue weighted by molar-refractivity contribution is -0.221. The van der Waals surface area contributed by atoms with Gasteiger partial charge in [0.25, 0.3) is 0 Å². The van der Waals surface area contributed by atoms with Gasteiger partial charge in [0, 0.05) is 6.04 Å². The number of ether oxygens (including phenoxy) is 2. The highest BCUT2D eigenvalue weighted by molar-refractivity contribution is 5.67. The fourth-order valence-corrected chi connectivity index (χ4v) is 3.86. The molecule has 2 aromatic carbocycles. The van der Waals surface area contributed by atoms with Crippen LogP contribution < -0.4 is 0 Å². The van der Waals surface area contributed by atoms with E-state index in [1.165, 1.54) is 5.06 Å². The number of likely N-dealkylation sites (N-methyl/N-ethyl adjacent to an activating group) is 1. The molecule has 5 atom stereocenters. The van der Waals surface area contributed by atoms with E-state index >= 15 is 0 Å². The van der Waals surface area contributed by atoms with Crippen LogP contribution in [-0.4, -0.2) is 47.5 Å². The molecule has 158 valence electrons. The Hall–Kier alpha value is -2.67. The molecule has 1 saturated heterocycles. The summed E-state index contributed by atoms with van der Waals surface area (Å²) in [6.45, 7) is 4.23. The standard InChI is InChI=1S/C24H28N2O4/c1-17-14-15-21(30-26(17)24(27)28-16-19-10-6-4-7-11-19)23-25(3)18(2)22(29-23)20-12-8-5-9-13-20/h4-15,17-18,21-23H,16H2,1-3H3/t17-,18+,21-,22+,23+/m1/s1. The zero-order chi connectivity index (χ0) is 21.1. The van der Waals surface area contributed by atoms with Gasteiger partial charge in [-0.2, -0.15) is 5.06 Å². The molecule has 0 aromatic heterocycles. The molecule has 2 aromatic rings. The van der Waals surface area contributed by atoms with Crippen molar-refractivity contribution in [1.82, 2.24) is 9.96 Å². The molecule has 2 aliphatic heterocycles. The fourth-order valence-electron chi connectivity index (χ4n) is 3.86. The molecule has 0 spiro atoms. The summed E-state index contributed by atoms with van der Waals surface area (Å²) in [6.07, 6.45) is 2.64. The lowest BCUT2D eigenvalue weighted by Gasteiger charge is -2.36. The minimum absolute atomic E-state index is 0.0592. The molecule has 1 amide bonds. The van der Waals surface area contributed by atoms with Gasteiger partial charge in [-0.1, -0.05) is 72.8 Å². The predicted octanol–water partition coefficient (Wildman–Crippen LogP) is 4.30. The Bertz CT molecular complexity index is 873. The number of amides is 1. The number of hydrogen-bond donors (Lipinski definition) is 0. The molecule has 2 heterocycles. The number of rotatable bonds is 4. The van der Waals surface area contributed by atoms with Crippen molar-refractivity contribution < 1.29 is 19.1 Å². The summed E-state index contributed by atoms with van der Waals surface area (Å²) in [4.78, 5) is 20.9. The van der Waals surface area contributed by atoms with E-state index in [1.54, 1.807) is 0 Å². The van der Waals surface area contributed by atoms with Crippen LogP contribution in [0.1, 0.15) is 31.1 Å². The van der Waals surface area contributed by atoms with Crippen LogP contribution in [0.3, 0.4) is 0 Å². The van der Waals surface area contributed by atoms with Crippen LogP contribution in [0, 0.1) is 0 Å². The first-order chi connectivity index (χ1) is 14.5. The molecular formula is C24H28N2O4. The van der Waals surface area contributed by atoms with Crippen LogP contribution in [-0.2, 0) is 20.9 Å². The Morgan fingerprint density at radius 2 is 1.67 bits per heavy atom. The van der Waals surface area contributed by atoms with Crippen LogP contribution in [0.2, 0.25) is 0 Å². The quantitative estimate of drug-likeness (QED) is 0.706. The van der Waals surface area contributed by atoms with E-state index in [9.17, 15) is 4.79 Å². The normalized spacial score (nSPS) is 29.2. The summed E-state index contributed by atoms with van der Waals surface area (Å²) in [5.74, 6) is 0. The Balaban J connectivity index is 1.42. The second-order valence-electron chi connectivity index (χ2n) is 7.83. The number of carbonyl (C=O) groups is 1. The van der Waals surface area contributed by atoms with Gasteiger partial charge in [0.15, 0.2) is 0 Å². The summed E-state index contributed by atoms with van der Waals surface area (Å²) < 4.78 is 11.8. The van der Waals surface area contributed by atoms with Crippen molar-refractivity contribution in [3.05, 3.63) is 83.9 Å². The van der Waals surface area contributed by atoms with Crippen LogP contribution in [0.4, 0.5) is 4.79 Å². The Morgan fingerprint density at radius 1 is 1.00 bits per heavy atom. The Labute approximate surface area is 177 Å². The van der Waals surface area contributed by atoms with Crippen LogP contribution in [0.5, 0.6) is 0 Å². The molecule has 0 saturated carbocycles. The zero-order valence-electron chi connectivity index (χ0n) is 17.5. The van der Waals surface area contributed by atoms with Crippen molar-refractivity contribution in [2.45, 2.75) is 51.0 Å². The first-order valence-corrected chi connectivity index (χ1v) is 10.3. The molecule has 2 aliphatic rings. The number of hydroxylamine groups is 2. The molecule has 0 aliphatic carbocycles. The molecule has 4 rings (SSSR count). The Morgan fingerprint density at radius 3 is 2.37 bits per heavy atom.